The Balaban J connectivity index is 1.36. The van der Waals surface area contributed by atoms with Crippen molar-refractivity contribution < 1.29 is 14.6 Å². The standard InChI is InChI=1S/C27H28N2O3/c1-20-16-21(12-13-25(20)30)17-28-15-14-24(18-28)29-19-27(32-26(29)31,22-8-4-2-5-9-22)23-10-6-3-7-11-23/h2-13,16,24,30H,14-15,17-19H2,1H3. The number of hydrogen-bond donors (Lipinski definition) is 1. The van der Waals surface area contributed by atoms with Gasteiger partial charge in [0, 0.05) is 36.8 Å². The van der Waals surface area contributed by atoms with Gasteiger partial charge in [-0.05, 0) is 30.5 Å². The molecule has 1 atom stereocenters. The Morgan fingerprint density at radius 1 is 1.00 bits per heavy atom. The third kappa shape index (κ3) is 3.73. The van der Waals surface area contributed by atoms with E-state index in [0.717, 1.165) is 42.7 Å². The fraction of sp³-hybridized carbons (Fsp3) is 0.296. The summed E-state index contributed by atoms with van der Waals surface area (Å²) in [5.74, 6) is 0.325. The molecule has 32 heavy (non-hydrogen) atoms. The number of carbonyl (C=O) groups is 1. The third-order valence-corrected chi connectivity index (χ3v) is 6.72. The van der Waals surface area contributed by atoms with Gasteiger partial charge in [-0.2, -0.15) is 0 Å². The van der Waals surface area contributed by atoms with E-state index in [9.17, 15) is 9.90 Å². The largest absolute Gasteiger partial charge is 0.508 e. The third-order valence-electron chi connectivity index (χ3n) is 6.72. The number of likely N-dealkylation sites (tertiary alicyclic amines) is 1. The zero-order chi connectivity index (χ0) is 22.1. The topological polar surface area (TPSA) is 53.0 Å². The van der Waals surface area contributed by atoms with Crippen LogP contribution in [0.3, 0.4) is 0 Å². The van der Waals surface area contributed by atoms with Crippen molar-refractivity contribution in [3.05, 3.63) is 101 Å². The van der Waals surface area contributed by atoms with Crippen molar-refractivity contribution in [2.45, 2.75) is 31.5 Å². The molecule has 0 radical (unpaired) electrons. The minimum atomic E-state index is -0.791. The van der Waals surface area contributed by atoms with Gasteiger partial charge in [-0.15, -0.1) is 0 Å². The van der Waals surface area contributed by atoms with E-state index >= 15 is 0 Å². The highest BCUT2D eigenvalue weighted by molar-refractivity contribution is 5.73. The predicted molar refractivity (Wildman–Crippen MR) is 123 cm³/mol. The molecule has 2 aliphatic rings. The number of amides is 1. The summed E-state index contributed by atoms with van der Waals surface area (Å²) in [5, 5.41) is 9.78. The van der Waals surface area contributed by atoms with Gasteiger partial charge in [-0.3, -0.25) is 9.80 Å². The van der Waals surface area contributed by atoms with Gasteiger partial charge < -0.3 is 9.84 Å². The number of aromatic hydroxyl groups is 1. The van der Waals surface area contributed by atoms with Crippen molar-refractivity contribution in [3.8, 4) is 5.75 Å². The number of phenolic OH excluding ortho intramolecular Hbond substituents is 1. The fourth-order valence-corrected chi connectivity index (χ4v) is 4.99. The van der Waals surface area contributed by atoms with Crippen LogP contribution in [0.2, 0.25) is 0 Å². The molecule has 0 aliphatic carbocycles. The Morgan fingerprint density at radius 3 is 2.28 bits per heavy atom. The molecule has 1 amide bonds. The molecule has 2 heterocycles. The van der Waals surface area contributed by atoms with Gasteiger partial charge in [0.1, 0.15) is 5.75 Å². The van der Waals surface area contributed by atoms with Crippen LogP contribution < -0.4 is 0 Å². The lowest BCUT2D eigenvalue weighted by Gasteiger charge is -2.29. The van der Waals surface area contributed by atoms with Crippen LogP contribution in [0.15, 0.2) is 78.9 Å². The maximum Gasteiger partial charge on any atom is 0.411 e. The van der Waals surface area contributed by atoms with Gasteiger partial charge in [0.2, 0.25) is 0 Å². The van der Waals surface area contributed by atoms with Crippen LogP contribution in [-0.2, 0) is 16.9 Å². The molecule has 0 aromatic heterocycles. The van der Waals surface area contributed by atoms with E-state index in [2.05, 4.69) is 4.90 Å². The molecule has 5 nitrogen and oxygen atoms in total. The lowest BCUT2D eigenvalue weighted by atomic mass is 9.86. The minimum absolute atomic E-state index is 0.120. The molecule has 2 saturated heterocycles. The molecular formula is C27H28N2O3. The Labute approximate surface area is 188 Å². The second kappa shape index (κ2) is 8.32. The highest BCUT2D eigenvalue weighted by Crippen LogP contribution is 2.41. The molecule has 5 heteroatoms. The summed E-state index contributed by atoms with van der Waals surface area (Å²) < 4.78 is 6.17. The van der Waals surface area contributed by atoms with Gasteiger partial charge in [0.15, 0.2) is 5.60 Å². The molecule has 1 unspecified atom stereocenters. The number of nitrogens with zero attached hydrogens (tertiary/aromatic N) is 2. The van der Waals surface area contributed by atoms with Gasteiger partial charge in [0.25, 0.3) is 0 Å². The second-order valence-corrected chi connectivity index (χ2v) is 8.85. The maximum atomic E-state index is 13.1. The van der Waals surface area contributed by atoms with Crippen LogP contribution in [0, 0.1) is 6.92 Å². The monoisotopic (exact) mass is 428 g/mol. The smallest absolute Gasteiger partial charge is 0.411 e. The number of cyclic esters (lactones) is 1. The van der Waals surface area contributed by atoms with Crippen molar-refractivity contribution in [3.63, 3.8) is 0 Å². The molecule has 0 bridgehead atoms. The first-order valence-electron chi connectivity index (χ1n) is 11.2. The second-order valence-electron chi connectivity index (χ2n) is 8.85. The number of aryl methyl sites for hydroxylation is 1. The number of rotatable bonds is 5. The van der Waals surface area contributed by atoms with Gasteiger partial charge >= 0.3 is 6.09 Å². The highest BCUT2D eigenvalue weighted by Gasteiger charge is 2.50. The molecular weight excluding hydrogens is 400 g/mol. The molecule has 1 N–H and O–H groups in total. The van der Waals surface area contributed by atoms with Gasteiger partial charge in [0.05, 0.1) is 6.54 Å². The first kappa shape index (κ1) is 20.6. The SMILES string of the molecule is Cc1cc(CN2CCC(N3CC(c4ccccc4)(c4ccccc4)OC3=O)C2)ccc1O. The number of hydrogen-bond acceptors (Lipinski definition) is 4. The van der Waals surface area contributed by atoms with Crippen molar-refractivity contribution in [2.75, 3.05) is 19.6 Å². The van der Waals surface area contributed by atoms with Crippen LogP contribution in [0.4, 0.5) is 4.79 Å². The van der Waals surface area contributed by atoms with Gasteiger partial charge in [-0.25, -0.2) is 4.79 Å². The van der Waals surface area contributed by atoms with E-state index in [1.54, 1.807) is 6.07 Å². The quantitative estimate of drug-likeness (QED) is 0.642. The number of carbonyl (C=O) groups excluding carboxylic acids is 1. The number of benzene rings is 3. The van der Waals surface area contributed by atoms with Crippen LogP contribution in [0.5, 0.6) is 5.75 Å². The Hall–Kier alpha value is -3.31. The number of ether oxygens (including phenoxy) is 1. The molecule has 0 spiro atoms. The van der Waals surface area contributed by atoms with E-state index < -0.39 is 5.60 Å². The zero-order valence-electron chi connectivity index (χ0n) is 18.3. The molecule has 0 saturated carbocycles. The van der Waals surface area contributed by atoms with E-state index in [0.29, 0.717) is 12.3 Å². The van der Waals surface area contributed by atoms with Crippen LogP contribution in [0.25, 0.3) is 0 Å². The van der Waals surface area contributed by atoms with Crippen LogP contribution in [-0.4, -0.2) is 46.7 Å². The van der Waals surface area contributed by atoms with E-state index in [-0.39, 0.29) is 12.1 Å². The highest BCUT2D eigenvalue weighted by atomic mass is 16.6. The Kier molecular flexibility index (Phi) is 5.35. The summed E-state index contributed by atoms with van der Waals surface area (Å²) in [4.78, 5) is 17.4. The lowest BCUT2D eigenvalue weighted by molar-refractivity contribution is 0.0854. The van der Waals surface area contributed by atoms with Crippen molar-refractivity contribution in [2.24, 2.45) is 0 Å². The van der Waals surface area contributed by atoms with Gasteiger partial charge in [-0.1, -0.05) is 72.8 Å². The molecule has 5 rings (SSSR count). The summed E-state index contributed by atoms with van der Waals surface area (Å²) in [5.41, 5.74) is 3.26. The normalized spacial score (nSPS) is 20.5. The fourth-order valence-electron chi connectivity index (χ4n) is 4.99. The summed E-state index contributed by atoms with van der Waals surface area (Å²) in [7, 11) is 0. The molecule has 164 valence electrons. The molecule has 3 aromatic rings. The van der Waals surface area contributed by atoms with Crippen molar-refractivity contribution in [1.82, 2.24) is 9.80 Å². The maximum absolute atomic E-state index is 13.1. The minimum Gasteiger partial charge on any atom is -0.508 e. The van der Waals surface area contributed by atoms with Crippen molar-refractivity contribution >= 4 is 6.09 Å². The molecule has 3 aromatic carbocycles. The van der Waals surface area contributed by atoms with Crippen molar-refractivity contribution in [1.29, 1.82) is 0 Å². The predicted octanol–water partition coefficient (Wildman–Crippen LogP) is 4.67. The first-order chi connectivity index (χ1) is 15.5. The lowest BCUT2D eigenvalue weighted by Crippen LogP contribution is -2.40. The first-order valence-corrected chi connectivity index (χ1v) is 11.2. The van der Waals surface area contributed by atoms with Crippen LogP contribution >= 0.6 is 0 Å². The van der Waals surface area contributed by atoms with E-state index in [1.807, 2.05) is 84.6 Å². The van der Waals surface area contributed by atoms with Crippen LogP contribution in [0.1, 0.15) is 28.7 Å². The average Bonchev–Trinajstić information content (AvgIpc) is 3.42. The average molecular weight is 429 g/mol. The summed E-state index contributed by atoms with van der Waals surface area (Å²) in [6.07, 6.45) is 0.677. The van der Waals surface area contributed by atoms with E-state index in [1.165, 1.54) is 5.56 Å². The molecule has 2 fully saturated rings. The number of phenols is 1. The van der Waals surface area contributed by atoms with E-state index in [4.69, 9.17) is 4.74 Å². The summed E-state index contributed by atoms with van der Waals surface area (Å²) in [6.45, 7) is 4.98. The Bertz CT molecular complexity index is 1060. The summed E-state index contributed by atoms with van der Waals surface area (Å²) >= 11 is 0. The summed E-state index contributed by atoms with van der Waals surface area (Å²) in [6, 6.07) is 26.0. The Morgan fingerprint density at radius 2 is 1.66 bits per heavy atom. The molecule has 2 aliphatic heterocycles. The zero-order valence-corrected chi connectivity index (χ0v) is 18.3.